The maximum Gasteiger partial charge on any atom is 0.277 e. The molecule has 124 valence electrons. The minimum absolute atomic E-state index is 0.0408. The van der Waals surface area contributed by atoms with E-state index in [1.165, 1.54) is 24.2 Å². The summed E-state index contributed by atoms with van der Waals surface area (Å²) in [5.41, 5.74) is 1.31. The Hall–Kier alpha value is -3.27. The maximum absolute atomic E-state index is 12.1. The minimum Gasteiger partial charge on any atom is -0.494 e. The van der Waals surface area contributed by atoms with Crippen LogP contribution in [-0.4, -0.2) is 62.3 Å². The van der Waals surface area contributed by atoms with Crippen molar-refractivity contribution in [2.45, 2.75) is 0 Å². The molecule has 0 fully saturated rings. The topological polar surface area (TPSA) is 122 Å². The lowest BCUT2D eigenvalue weighted by molar-refractivity contribution is -0.137. The van der Waals surface area contributed by atoms with E-state index in [1.54, 1.807) is 18.2 Å². The lowest BCUT2D eigenvalue weighted by Crippen LogP contribution is -2.34. The number of ether oxygens (including phenoxy) is 1. The summed E-state index contributed by atoms with van der Waals surface area (Å²) in [4.78, 5) is 24.8. The molecule has 1 aromatic carbocycles. The number of tetrazole rings is 1. The van der Waals surface area contributed by atoms with Crippen LogP contribution >= 0.6 is 0 Å². The van der Waals surface area contributed by atoms with Gasteiger partial charge in [-0.15, -0.1) is 5.10 Å². The maximum atomic E-state index is 12.1. The average Bonchev–Trinajstić information content (AvgIpc) is 3.20. The summed E-state index contributed by atoms with van der Waals surface area (Å²) in [7, 11) is 1.50. The van der Waals surface area contributed by atoms with Gasteiger partial charge in [0.2, 0.25) is 0 Å². The molecule has 2 aromatic rings. The van der Waals surface area contributed by atoms with Crippen LogP contribution in [0.25, 0.3) is 5.69 Å². The number of aliphatic hydroxyl groups excluding tert-OH is 1. The Morgan fingerprint density at radius 3 is 2.83 bits per heavy atom. The SMILES string of the molecule is COc1cc(NC2=CC(=O)N(CCO)C2=O)ccc1-n1cnnn1. The molecule has 24 heavy (non-hydrogen) atoms. The summed E-state index contributed by atoms with van der Waals surface area (Å²) in [6, 6.07) is 5.07. The predicted molar refractivity (Wildman–Crippen MR) is 81.2 cm³/mol. The molecule has 0 bridgehead atoms. The number of β-amino-alcohol motifs (C(OH)–C–C–N with tert-alkyl or cyclic N) is 1. The van der Waals surface area contributed by atoms with Crippen LogP contribution < -0.4 is 10.1 Å². The van der Waals surface area contributed by atoms with Crippen molar-refractivity contribution in [1.29, 1.82) is 0 Å². The molecule has 0 radical (unpaired) electrons. The van der Waals surface area contributed by atoms with Crippen molar-refractivity contribution >= 4 is 17.5 Å². The number of anilines is 1. The number of nitrogens with one attached hydrogen (secondary N) is 1. The van der Waals surface area contributed by atoms with E-state index in [1.807, 2.05) is 0 Å². The molecule has 10 nitrogen and oxygen atoms in total. The molecule has 0 unspecified atom stereocenters. The molecule has 1 aromatic heterocycles. The fourth-order valence-corrected chi connectivity index (χ4v) is 2.28. The molecule has 0 saturated heterocycles. The Morgan fingerprint density at radius 1 is 1.33 bits per heavy atom. The lowest BCUT2D eigenvalue weighted by atomic mass is 10.2. The molecule has 10 heteroatoms. The van der Waals surface area contributed by atoms with Crippen LogP contribution in [0.5, 0.6) is 5.75 Å². The number of aliphatic hydroxyl groups is 1. The molecular formula is C14H14N6O4. The first kappa shape index (κ1) is 15.6. The molecule has 2 heterocycles. The van der Waals surface area contributed by atoms with E-state index in [-0.39, 0.29) is 18.8 Å². The van der Waals surface area contributed by atoms with Gasteiger partial charge in [0.05, 0.1) is 20.3 Å². The van der Waals surface area contributed by atoms with E-state index >= 15 is 0 Å². The number of aromatic nitrogens is 4. The van der Waals surface area contributed by atoms with E-state index in [4.69, 9.17) is 9.84 Å². The number of nitrogens with zero attached hydrogens (tertiary/aromatic N) is 5. The highest BCUT2D eigenvalue weighted by Crippen LogP contribution is 2.27. The van der Waals surface area contributed by atoms with E-state index in [9.17, 15) is 9.59 Å². The lowest BCUT2D eigenvalue weighted by Gasteiger charge is -2.14. The molecule has 2 amide bonds. The third kappa shape index (κ3) is 2.82. The number of hydrogen-bond acceptors (Lipinski definition) is 8. The number of amides is 2. The zero-order valence-electron chi connectivity index (χ0n) is 12.7. The Balaban J connectivity index is 1.83. The van der Waals surface area contributed by atoms with Gasteiger partial charge in [-0.25, -0.2) is 0 Å². The van der Waals surface area contributed by atoms with Gasteiger partial charge >= 0.3 is 0 Å². The number of methoxy groups -OCH3 is 1. The highest BCUT2D eigenvalue weighted by atomic mass is 16.5. The number of benzene rings is 1. The second-order valence-electron chi connectivity index (χ2n) is 4.84. The van der Waals surface area contributed by atoms with Gasteiger partial charge in [-0.2, -0.15) is 4.68 Å². The van der Waals surface area contributed by atoms with Gasteiger partial charge in [-0.3, -0.25) is 14.5 Å². The van der Waals surface area contributed by atoms with E-state index in [0.717, 1.165) is 4.90 Å². The Bertz CT molecular complexity index is 802. The van der Waals surface area contributed by atoms with E-state index < -0.39 is 11.8 Å². The van der Waals surface area contributed by atoms with Crippen molar-refractivity contribution in [2.24, 2.45) is 0 Å². The number of carbonyl (C=O) groups excluding carboxylic acids is 2. The van der Waals surface area contributed by atoms with Crippen molar-refractivity contribution < 1.29 is 19.4 Å². The van der Waals surface area contributed by atoms with Crippen LogP contribution in [0, 0.1) is 0 Å². The molecule has 1 aliphatic rings. The summed E-state index contributed by atoms with van der Waals surface area (Å²) in [6.45, 7) is -0.325. The first-order chi connectivity index (χ1) is 11.6. The zero-order chi connectivity index (χ0) is 17.1. The van der Waals surface area contributed by atoms with Crippen LogP contribution in [0.1, 0.15) is 0 Å². The van der Waals surface area contributed by atoms with Crippen molar-refractivity contribution in [1.82, 2.24) is 25.1 Å². The molecule has 1 aliphatic heterocycles. The monoisotopic (exact) mass is 330 g/mol. The van der Waals surface area contributed by atoms with Crippen molar-refractivity contribution in [3.8, 4) is 11.4 Å². The summed E-state index contributed by atoms with van der Waals surface area (Å²) in [5.74, 6) is -0.469. The quantitative estimate of drug-likeness (QED) is 0.669. The Morgan fingerprint density at radius 2 is 2.17 bits per heavy atom. The minimum atomic E-state index is -0.488. The van der Waals surface area contributed by atoms with Crippen molar-refractivity contribution in [3.63, 3.8) is 0 Å². The fourth-order valence-electron chi connectivity index (χ4n) is 2.28. The summed E-state index contributed by atoms with van der Waals surface area (Å²) in [6.07, 6.45) is 2.62. The van der Waals surface area contributed by atoms with Crippen molar-refractivity contribution in [3.05, 3.63) is 36.3 Å². The third-order valence-corrected chi connectivity index (χ3v) is 3.39. The van der Waals surface area contributed by atoms with Gasteiger partial charge in [-0.1, -0.05) is 0 Å². The summed E-state index contributed by atoms with van der Waals surface area (Å²) < 4.78 is 6.75. The van der Waals surface area contributed by atoms with Crippen LogP contribution in [0.2, 0.25) is 0 Å². The van der Waals surface area contributed by atoms with Crippen LogP contribution in [0.15, 0.2) is 36.3 Å². The van der Waals surface area contributed by atoms with Gasteiger partial charge in [0, 0.05) is 17.8 Å². The van der Waals surface area contributed by atoms with Gasteiger partial charge in [0.15, 0.2) is 0 Å². The second kappa shape index (κ2) is 6.46. The van der Waals surface area contributed by atoms with E-state index in [2.05, 4.69) is 20.8 Å². The number of hydrogen-bond donors (Lipinski definition) is 2. The summed E-state index contributed by atoms with van der Waals surface area (Å²) in [5, 5.41) is 22.7. The van der Waals surface area contributed by atoms with Crippen LogP contribution in [0.3, 0.4) is 0 Å². The van der Waals surface area contributed by atoms with Gasteiger partial charge < -0.3 is 15.2 Å². The summed E-state index contributed by atoms with van der Waals surface area (Å²) >= 11 is 0. The van der Waals surface area contributed by atoms with E-state index in [0.29, 0.717) is 17.1 Å². The van der Waals surface area contributed by atoms with Gasteiger partial charge in [-0.05, 0) is 22.6 Å². The second-order valence-corrected chi connectivity index (χ2v) is 4.84. The molecular weight excluding hydrogens is 316 g/mol. The Kier molecular flexibility index (Phi) is 4.20. The molecule has 2 N–H and O–H groups in total. The largest absolute Gasteiger partial charge is 0.494 e. The highest BCUT2D eigenvalue weighted by Gasteiger charge is 2.30. The van der Waals surface area contributed by atoms with Gasteiger partial charge in [0.1, 0.15) is 23.5 Å². The normalized spacial score (nSPS) is 14.1. The third-order valence-electron chi connectivity index (χ3n) is 3.39. The van der Waals surface area contributed by atoms with Crippen LogP contribution in [0.4, 0.5) is 5.69 Å². The Labute approximate surface area is 136 Å². The number of rotatable bonds is 6. The van der Waals surface area contributed by atoms with Crippen LogP contribution in [-0.2, 0) is 9.59 Å². The molecule has 0 saturated carbocycles. The zero-order valence-corrected chi connectivity index (χ0v) is 12.7. The average molecular weight is 330 g/mol. The molecule has 3 rings (SSSR count). The van der Waals surface area contributed by atoms with Gasteiger partial charge in [0.25, 0.3) is 11.8 Å². The first-order valence-corrected chi connectivity index (χ1v) is 7.01. The molecule has 0 atom stereocenters. The molecule has 0 aliphatic carbocycles. The number of imide groups is 1. The molecule has 0 spiro atoms. The number of carbonyl (C=O) groups is 2. The highest BCUT2D eigenvalue weighted by molar-refractivity contribution is 6.17. The fraction of sp³-hybridized carbons (Fsp3) is 0.214. The standard InChI is InChI=1S/C14H14N6O4/c1-24-12-6-9(2-3-11(12)20-8-15-17-18-20)16-10-7-13(22)19(4-5-21)14(10)23/h2-3,6-8,16,21H,4-5H2,1H3. The first-order valence-electron chi connectivity index (χ1n) is 7.01. The predicted octanol–water partition coefficient (Wildman–Crippen LogP) is -0.672. The smallest absolute Gasteiger partial charge is 0.277 e. The van der Waals surface area contributed by atoms with Crippen molar-refractivity contribution in [2.75, 3.05) is 25.6 Å².